The third kappa shape index (κ3) is 2.39. The minimum atomic E-state index is 0.471. The van der Waals surface area contributed by atoms with Gasteiger partial charge in [-0.2, -0.15) is 10.1 Å². The van der Waals surface area contributed by atoms with Gasteiger partial charge in [0.15, 0.2) is 5.82 Å². The van der Waals surface area contributed by atoms with Crippen molar-refractivity contribution in [1.82, 2.24) is 25.3 Å². The monoisotopic (exact) mass is 207 g/mol. The molecular formula is C9H13N5O. The van der Waals surface area contributed by atoms with Crippen LogP contribution in [0.5, 0.6) is 0 Å². The molecule has 2 heterocycles. The van der Waals surface area contributed by atoms with Crippen molar-refractivity contribution >= 4 is 0 Å². The van der Waals surface area contributed by atoms with Crippen molar-refractivity contribution in [3.05, 3.63) is 12.2 Å². The number of aromatic nitrogens is 5. The summed E-state index contributed by atoms with van der Waals surface area (Å²) in [6.07, 6.45) is 5.69. The summed E-state index contributed by atoms with van der Waals surface area (Å²) < 4.78 is 5.09. The molecule has 6 nitrogen and oxygen atoms in total. The van der Waals surface area contributed by atoms with Gasteiger partial charge in [0.2, 0.25) is 11.7 Å². The lowest BCUT2D eigenvalue weighted by Crippen LogP contribution is -1.87. The summed E-state index contributed by atoms with van der Waals surface area (Å²) in [6.45, 7) is 2.16. The van der Waals surface area contributed by atoms with E-state index in [-0.39, 0.29) is 0 Å². The van der Waals surface area contributed by atoms with Crippen LogP contribution < -0.4 is 0 Å². The Labute approximate surface area is 87.1 Å². The number of hydrogen-bond donors (Lipinski definition) is 1. The summed E-state index contributed by atoms with van der Waals surface area (Å²) in [5.41, 5.74) is 0. The summed E-state index contributed by atoms with van der Waals surface area (Å²) >= 11 is 0. The maximum atomic E-state index is 5.09. The van der Waals surface area contributed by atoms with E-state index in [2.05, 4.69) is 32.2 Å². The van der Waals surface area contributed by atoms with E-state index >= 15 is 0 Å². The van der Waals surface area contributed by atoms with Crippen LogP contribution in [0.2, 0.25) is 0 Å². The van der Waals surface area contributed by atoms with E-state index in [1.165, 1.54) is 19.2 Å². The first-order valence-corrected chi connectivity index (χ1v) is 5.08. The number of nitrogens with zero attached hydrogens (tertiary/aromatic N) is 4. The molecule has 0 atom stereocenters. The fraction of sp³-hybridized carbons (Fsp3) is 0.556. The Hall–Kier alpha value is -1.72. The molecule has 6 heteroatoms. The van der Waals surface area contributed by atoms with Gasteiger partial charge in [-0.3, -0.25) is 5.10 Å². The highest BCUT2D eigenvalue weighted by molar-refractivity contribution is 5.39. The second-order valence-corrected chi connectivity index (χ2v) is 3.30. The molecule has 1 N–H and O–H groups in total. The smallest absolute Gasteiger partial charge is 0.239 e. The highest BCUT2D eigenvalue weighted by Gasteiger charge is 2.09. The van der Waals surface area contributed by atoms with Gasteiger partial charge in [-0.1, -0.05) is 24.9 Å². The first kappa shape index (κ1) is 9.82. The van der Waals surface area contributed by atoms with Gasteiger partial charge in [0, 0.05) is 6.42 Å². The summed E-state index contributed by atoms with van der Waals surface area (Å²) in [4.78, 5) is 8.16. The molecule has 0 aliphatic rings. The quantitative estimate of drug-likeness (QED) is 0.753. The van der Waals surface area contributed by atoms with Crippen LogP contribution in [0.3, 0.4) is 0 Å². The number of rotatable bonds is 5. The van der Waals surface area contributed by atoms with Gasteiger partial charge in [0.05, 0.1) is 0 Å². The normalized spacial score (nSPS) is 10.7. The first-order valence-electron chi connectivity index (χ1n) is 5.08. The van der Waals surface area contributed by atoms with Crippen LogP contribution in [-0.2, 0) is 6.42 Å². The van der Waals surface area contributed by atoms with Crippen LogP contribution in [0.1, 0.15) is 32.1 Å². The zero-order valence-corrected chi connectivity index (χ0v) is 8.60. The van der Waals surface area contributed by atoms with Crippen LogP contribution in [0.4, 0.5) is 0 Å². The molecule has 2 aromatic rings. The molecule has 0 bridgehead atoms. The maximum absolute atomic E-state index is 5.09. The predicted octanol–water partition coefficient (Wildman–Crippen LogP) is 1.59. The molecule has 80 valence electrons. The van der Waals surface area contributed by atoms with Crippen LogP contribution in [0.25, 0.3) is 11.6 Å². The Morgan fingerprint density at radius 3 is 3.07 bits per heavy atom. The largest absolute Gasteiger partial charge is 0.339 e. The number of aromatic amines is 1. The minimum Gasteiger partial charge on any atom is -0.339 e. The molecule has 0 saturated heterocycles. The van der Waals surface area contributed by atoms with Crippen molar-refractivity contribution in [2.75, 3.05) is 0 Å². The van der Waals surface area contributed by atoms with Gasteiger partial charge in [-0.25, -0.2) is 4.98 Å². The second kappa shape index (κ2) is 4.68. The summed E-state index contributed by atoms with van der Waals surface area (Å²) in [7, 11) is 0. The van der Waals surface area contributed by atoms with Crippen LogP contribution >= 0.6 is 0 Å². The van der Waals surface area contributed by atoms with Crippen molar-refractivity contribution in [1.29, 1.82) is 0 Å². The van der Waals surface area contributed by atoms with Crippen molar-refractivity contribution in [3.8, 4) is 11.6 Å². The van der Waals surface area contributed by atoms with Gasteiger partial charge in [0.1, 0.15) is 6.33 Å². The standard InChI is InChI=1S/C9H13N5O/c1-2-3-4-5-7-12-9(14-15-7)8-10-6-11-13-8/h6H,2-5H2,1H3,(H,10,11,13). The molecule has 0 aliphatic heterocycles. The maximum Gasteiger partial charge on any atom is 0.239 e. The van der Waals surface area contributed by atoms with Crippen LogP contribution in [-0.4, -0.2) is 25.3 Å². The highest BCUT2D eigenvalue weighted by atomic mass is 16.5. The summed E-state index contributed by atoms with van der Waals surface area (Å²) in [5, 5.41) is 10.2. The first-order chi connectivity index (χ1) is 7.40. The Morgan fingerprint density at radius 1 is 1.40 bits per heavy atom. The Balaban J connectivity index is 1.98. The number of H-pyrrole nitrogens is 1. The van der Waals surface area contributed by atoms with Gasteiger partial charge < -0.3 is 4.52 Å². The average molecular weight is 207 g/mol. The zero-order valence-electron chi connectivity index (χ0n) is 8.60. The van der Waals surface area contributed by atoms with Crippen LogP contribution in [0, 0.1) is 0 Å². The number of nitrogens with one attached hydrogen (secondary N) is 1. The fourth-order valence-electron chi connectivity index (χ4n) is 1.29. The van der Waals surface area contributed by atoms with Crippen LogP contribution in [0.15, 0.2) is 10.9 Å². The minimum absolute atomic E-state index is 0.471. The molecule has 0 aromatic carbocycles. The third-order valence-corrected chi connectivity index (χ3v) is 2.09. The van der Waals surface area contributed by atoms with E-state index in [9.17, 15) is 0 Å². The zero-order chi connectivity index (χ0) is 10.5. The van der Waals surface area contributed by atoms with E-state index in [0.717, 1.165) is 12.8 Å². The average Bonchev–Trinajstić information content (AvgIpc) is 2.87. The number of aryl methyl sites for hydroxylation is 1. The molecule has 0 unspecified atom stereocenters. The Kier molecular flexibility index (Phi) is 3.06. The second-order valence-electron chi connectivity index (χ2n) is 3.30. The molecule has 15 heavy (non-hydrogen) atoms. The van der Waals surface area contributed by atoms with Crippen molar-refractivity contribution in [3.63, 3.8) is 0 Å². The van der Waals surface area contributed by atoms with Crippen molar-refractivity contribution in [2.24, 2.45) is 0 Å². The van der Waals surface area contributed by atoms with Gasteiger partial charge in [-0.05, 0) is 6.42 Å². The fourth-order valence-corrected chi connectivity index (χ4v) is 1.29. The molecule has 0 spiro atoms. The van der Waals surface area contributed by atoms with E-state index in [1.807, 2.05) is 0 Å². The van der Waals surface area contributed by atoms with Gasteiger partial charge in [-0.15, -0.1) is 0 Å². The molecule has 0 saturated carbocycles. The molecule has 2 rings (SSSR count). The molecule has 0 fully saturated rings. The Morgan fingerprint density at radius 2 is 2.33 bits per heavy atom. The molecule has 2 aromatic heterocycles. The molecular weight excluding hydrogens is 194 g/mol. The van der Waals surface area contributed by atoms with E-state index < -0.39 is 0 Å². The third-order valence-electron chi connectivity index (χ3n) is 2.09. The van der Waals surface area contributed by atoms with Crippen molar-refractivity contribution in [2.45, 2.75) is 32.6 Å². The van der Waals surface area contributed by atoms with Gasteiger partial charge in [0.25, 0.3) is 0 Å². The topological polar surface area (TPSA) is 80.5 Å². The molecule has 0 aliphatic carbocycles. The molecule has 0 radical (unpaired) electrons. The predicted molar refractivity (Wildman–Crippen MR) is 52.9 cm³/mol. The lowest BCUT2D eigenvalue weighted by Gasteiger charge is -1.91. The summed E-state index contributed by atoms with van der Waals surface area (Å²) in [5.74, 6) is 1.68. The summed E-state index contributed by atoms with van der Waals surface area (Å²) in [6, 6.07) is 0. The van der Waals surface area contributed by atoms with Gasteiger partial charge >= 0.3 is 0 Å². The lowest BCUT2D eigenvalue weighted by molar-refractivity contribution is 0.374. The Bertz CT molecular complexity index is 394. The SMILES string of the molecule is CCCCCc1nc(-c2ncn[nH]2)no1. The molecule has 0 amide bonds. The number of hydrogen-bond acceptors (Lipinski definition) is 5. The lowest BCUT2D eigenvalue weighted by atomic mass is 10.2. The number of unbranched alkanes of at least 4 members (excludes halogenated alkanes) is 2. The highest BCUT2D eigenvalue weighted by Crippen LogP contribution is 2.10. The van der Waals surface area contributed by atoms with E-state index in [1.54, 1.807) is 0 Å². The van der Waals surface area contributed by atoms with E-state index in [0.29, 0.717) is 17.5 Å². The van der Waals surface area contributed by atoms with Crippen molar-refractivity contribution < 1.29 is 4.52 Å². The van der Waals surface area contributed by atoms with E-state index in [4.69, 9.17) is 4.52 Å².